The molecule has 96 valence electrons. The minimum atomic E-state index is 0.608. The lowest BCUT2D eigenvalue weighted by Crippen LogP contribution is -2.33. The van der Waals surface area contributed by atoms with Crippen molar-refractivity contribution < 1.29 is 0 Å². The summed E-state index contributed by atoms with van der Waals surface area (Å²) in [7, 11) is 2.16. The summed E-state index contributed by atoms with van der Waals surface area (Å²) in [6.45, 7) is 3.26. The van der Waals surface area contributed by atoms with E-state index in [0.717, 1.165) is 25.3 Å². The summed E-state index contributed by atoms with van der Waals surface area (Å²) in [6, 6.07) is 7.59. The van der Waals surface area contributed by atoms with Crippen LogP contribution in [0.2, 0.25) is 5.02 Å². The predicted molar refractivity (Wildman–Crippen MR) is 74.9 cm³/mol. The molecule has 1 aromatic rings. The van der Waals surface area contributed by atoms with Crippen LogP contribution in [0.3, 0.4) is 0 Å². The molecule has 0 aliphatic carbocycles. The first-order valence-electron chi connectivity index (χ1n) is 6.31. The van der Waals surface area contributed by atoms with Gasteiger partial charge in [0.1, 0.15) is 6.07 Å². The van der Waals surface area contributed by atoms with E-state index in [1.165, 1.54) is 12.8 Å². The van der Waals surface area contributed by atoms with Crippen molar-refractivity contribution >= 4 is 17.3 Å². The third-order valence-corrected chi connectivity index (χ3v) is 3.76. The third kappa shape index (κ3) is 3.38. The lowest BCUT2D eigenvalue weighted by Gasteiger charge is -2.29. The minimum absolute atomic E-state index is 0.608. The van der Waals surface area contributed by atoms with Crippen LogP contribution in [-0.2, 0) is 0 Å². The van der Waals surface area contributed by atoms with Crippen LogP contribution in [0.15, 0.2) is 18.2 Å². The average molecular weight is 264 g/mol. The van der Waals surface area contributed by atoms with E-state index in [0.29, 0.717) is 16.5 Å². The summed E-state index contributed by atoms with van der Waals surface area (Å²) in [5.74, 6) is 0.698. The second kappa shape index (κ2) is 6.08. The number of hydrogen-bond acceptors (Lipinski definition) is 3. The zero-order valence-corrected chi connectivity index (χ0v) is 11.4. The standard InChI is InChI=1S/C14H18ClN3/c1-18-6-4-11(5-7-18)10-17-14-3-2-13(15)8-12(14)9-16/h2-3,8,11,17H,4-7,10H2,1H3. The van der Waals surface area contributed by atoms with Gasteiger partial charge < -0.3 is 10.2 Å². The number of benzene rings is 1. The molecule has 1 N–H and O–H groups in total. The van der Waals surface area contributed by atoms with Crippen LogP contribution in [0.1, 0.15) is 18.4 Å². The highest BCUT2D eigenvalue weighted by Crippen LogP contribution is 2.22. The summed E-state index contributed by atoms with van der Waals surface area (Å²) >= 11 is 5.88. The first-order valence-corrected chi connectivity index (χ1v) is 6.69. The molecule has 1 saturated heterocycles. The van der Waals surface area contributed by atoms with Gasteiger partial charge in [-0.15, -0.1) is 0 Å². The van der Waals surface area contributed by atoms with Gasteiger partial charge in [0.15, 0.2) is 0 Å². The normalized spacial score (nSPS) is 17.4. The average Bonchev–Trinajstić information content (AvgIpc) is 2.39. The quantitative estimate of drug-likeness (QED) is 0.911. The Morgan fingerprint density at radius 1 is 1.44 bits per heavy atom. The molecule has 4 heteroatoms. The largest absolute Gasteiger partial charge is 0.384 e. The second-order valence-electron chi connectivity index (χ2n) is 4.93. The third-order valence-electron chi connectivity index (χ3n) is 3.52. The Kier molecular flexibility index (Phi) is 4.46. The Balaban J connectivity index is 1.92. The van der Waals surface area contributed by atoms with Crippen LogP contribution in [0.5, 0.6) is 0 Å². The number of likely N-dealkylation sites (tertiary alicyclic amines) is 1. The number of nitrogens with one attached hydrogen (secondary N) is 1. The summed E-state index contributed by atoms with van der Waals surface area (Å²) in [4.78, 5) is 2.36. The smallest absolute Gasteiger partial charge is 0.101 e. The lowest BCUT2D eigenvalue weighted by atomic mass is 9.97. The predicted octanol–water partition coefficient (Wildman–Crippen LogP) is 2.97. The molecule has 0 atom stereocenters. The van der Waals surface area contributed by atoms with Gasteiger partial charge in [-0.25, -0.2) is 0 Å². The van der Waals surface area contributed by atoms with Crippen LogP contribution < -0.4 is 5.32 Å². The molecule has 1 fully saturated rings. The molecular formula is C14H18ClN3. The van der Waals surface area contributed by atoms with E-state index in [1.54, 1.807) is 6.07 Å². The number of piperidine rings is 1. The molecule has 0 radical (unpaired) electrons. The molecule has 0 amide bonds. The van der Waals surface area contributed by atoms with Gasteiger partial charge in [-0.1, -0.05) is 11.6 Å². The fourth-order valence-electron chi connectivity index (χ4n) is 2.28. The van der Waals surface area contributed by atoms with Crippen molar-refractivity contribution in [2.75, 3.05) is 32.0 Å². The van der Waals surface area contributed by atoms with Crippen molar-refractivity contribution in [1.82, 2.24) is 4.90 Å². The summed E-state index contributed by atoms with van der Waals surface area (Å²) in [6.07, 6.45) is 2.44. The van der Waals surface area contributed by atoms with Gasteiger partial charge in [0.25, 0.3) is 0 Å². The fourth-order valence-corrected chi connectivity index (χ4v) is 2.46. The van der Waals surface area contributed by atoms with Crippen molar-refractivity contribution in [3.05, 3.63) is 28.8 Å². The maximum absolute atomic E-state index is 9.06. The van der Waals surface area contributed by atoms with Crippen molar-refractivity contribution in [3.63, 3.8) is 0 Å². The van der Waals surface area contributed by atoms with Crippen molar-refractivity contribution in [2.45, 2.75) is 12.8 Å². The molecule has 1 aromatic carbocycles. The molecule has 1 aliphatic rings. The molecule has 1 heterocycles. The Morgan fingerprint density at radius 2 is 2.17 bits per heavy atom. The first-order chi connectivity index (χ1) is 8.69. The molecule has 0 bridgehead atoms. The number of halogens is 1. The molecule has 0 saturated carbocycles. The van der Waals surface area contributed by atoms with Crippen molar-refractivity contribution in [3.8, 4) is 6.07 Å². The molecule has 1 aliphatic heterocycles. The second-order valence-corrected chi connectivity index (χ2v) is 5.37. The van der Waals surface area contributed by atoms with E-state index in [2.05, 4.69) is 23.3 Å². The molecule has 18 heavy (non-hydrogen) atoms. The van der Waals surface area contributed by atoms with E-state index in [9.17, 15) is 0 Å². The Bertz CT molecular complexity index is 445. The summed E-state index contributed by atoms with van der Waals surface area (Å²) < 4.78 is 0. The van der Waals surface area contributed by atoms with E-state index < -0.39 is 0 Å². The van der Waals surface area contributed by atoms with E-state index >= 15 is 0 Å². The van der Waals surface area contributed by atoms with Gasteiger partial charge >= 0.3 is 0 Å². The maximum Gasteiger partial charge on any atom is 0.101 e. The van der Waals surface area contributed by atoms with Gasteiger partial charge in [-0.2, -0.15) is 5.26 Å². The van der Waals surface area contributed by atoms with Crippen LogP contribution in [0, 0.1) is 17.2 Å². The SMILES string of the molecule is CN1CCC(CNc2ccc(Cl)cc2C#N)CC1. The zero-order chi connectivity index (χ0) is 13.0. The topological polar surface area (TPSA) is 39.1 Å². The Hall–Kier alpha value is -1.24. The maximum atomic E-state index is 9.06. The highest BCUT2D eigenvalue weighted by Gasteiger charge is 2.16. The van der Waals surface area contributed by atoms with Crippen molar-refractivity contribution in [2.24, 2.45) is 5.92 Å². The van der Waals surface area contributed by atoms with Gasteiger partial charge in [0.05, 0.1) is 11.3 Å². The van der Waals surface area contributed by atoms with E-state index in [1.807, 2.05) is 12.1 Å². The van der Waals surface area contributed by atoms with Crippen molar-refractivity contribution in [1.29, 1.82) is 5.26 Å². The zero-order valence-electron chi connectivity index (χ0n) is 10.6. The number of nitriles is 1. The van der Waals surface area contributed by atoms with Crippen LogP contribution >= 0.6 is 11.6 Å². The van der Waals surface area contributed by atoms with Gasteiger partial charge in [0.2, 0.25) is 0 Å². The highest BCUT2D eigenvalue weighted by atomic mass is 35.5. The highest BCUT2D eigenvalue weighted by molar-refractivity contribution is 6.30. The van der Waals surface area contributed by atoms with E-state index in [-0.39, 0.29) is 0 Å². The van der Waals surface area contributed by atoms with Gasteiger partial charge in [0, 0.05) is 11.6 Å². The summed E-state index contributed by atoms with van der Waals surface area (Å²) in [5, 5.41) is 13.0. The first kappa shape index (κ1) is 13.2. The Morgan fingerprint density at radius 3 is 2.83 bits per heavy atom. The molecule has 0 spiro atoms. The van der Waals surface area contributed by atoms with Crippen LogP contribution in [0.25, 0.3) is 0 Å². The monoisotopic (exact) mass is 263 g/mol. The number of rotatable bonds is 3. The van der Waals surface area contributed by atoms with Crippen LogP contribution in [0.4, 0.5) is 5.69 Å². The fraction of sp³-hybridized carbons (Fsp3) is 0.500. The molecule has 2 rings (SSSR count). The molecular weight excluding hydrogens is 246 g/mol. The Labute approximate surface area is 113 Å². The number of hydrogen-bond donors (Lipinski definition) is 1. The van der Waals surface area contributed by atoms with Gasteiger partial charge in [-0.05, 0) is 57.1 Å². The lowest BCUT2D eigenvalue weighted by molar-refractivity contribution is 0.226. The van der Waals surface area contributed by atoms with E-state index in [4.69, 9.17) is 16.9 Å². The minimum Gasteiger partial charge on any atom is -0.384 e. The number of anilines is 1. The molecule has 3 nitrogen and oxygen atoms in total. The summed E-state index contributed by atoms with van der Waals surface area (Å²) in [5.41, 5.74) is 1.51. The number of nitrogens with zero attached hydrogens (tertiary/aromatic N) is 2. The molecule has 0 unspecified atom stereocenters. The van der Waals surface area contributed by atoms with Gasteiger partial charge in [-0.3, -0.25) is 0 Å². The van der Waals surface area contributed by atoms with Crippen LogP contribution in [-0.4, -0.2) is 31.6 Å². The molecule has 0 aromatic heterocycles.